The summed E-state index contributed by atoms with van der Waals surface area (Å²) < 4.78 is 15.7. The summed E-state index contributed by atoms with van der Waals surface area (Å²) in [4.78, 5) is 26.4. The number of para-hydroxylation sites is 2. The van der Waals surface area contributed by atoms with Gasteiger partial charge in [0.25, 0.3) is 11.6 Å². The lowest BCUT2D eigenvalue weighted by molar-refractivity contribution is -0.385. The number of ether oxygens (including phenoxy) is 3. The van der Waals surface area contributed by atoms with Gasteiger partial charge in [-0.15, -0.1) is 0 Å². The topological polar surface area (TPSA) is 103 Å². The second kappa shape index (κ2) is 10.6. The molecule has 0 unspecified atom stereocenters. The van der Waals surface area contributed by atoms with Crippen LogP contribution >= 0.6 is 0 Å². The second-order valence-electron chi connectivity index (χ2n) is 7.14. The third-order valence-electron chi connectivity index (χ3n) is 5.12. The van der Waals surface area contributed by atoms with Gasteiger partial charge in [-0.25, -0.2) is 0 Å². The minimum Gasteiger partial charge on any atom is -0.493 e. The predicted octanol–water partition coefficient (Wildman–Crippen LogP) is 3.87. The highest BCUT2D eigenvalue weighted by atomic mass is 16.6. The van der Waals surface area contributed by atoms with Crippen LogP contribution < -0.4 is 19.7 Å². The molecule has 0 aromatic heterocycles. The van der Waals surface area contributed by atoms with Crippen LogP contribution in [-0.4, -0.2) is 51.4 Å². The number of nitrogens with one attached hydrogen (secondary N) is 1. The number of anilines is 2. The van der Waals surface area contributed by atoms with E-state index in [9.17, 15) is 14.9 Å². The first kappa shape index (κ1) is 22.4. The molecule has 9 heteroatoms. The van der Waals surface area contributed by atoms with E-state index in [4.69, 9.17) is 14.2 Å². The molecule has 1 saturated heterocycles. The highest BCUT2D eigenvalue weighted by molar-refractivity contribution is 6.09. The summed E-state index contributed by atoms with van der Waals surface area (Å²) in [7, 11) is 2.94. The van der Waals surface area contributed by atoms with Crippen molar-refractivity contribution in [3.05, 3.63) is 52.1 Å². The Morgan fingerprint density at radius 2 is 1.84 bits per heavy atom. The largest absolute Gasteiger partial charge is 0.493 e. The zero-order valence-electron chi connectivity index (χ0n) is 17.8. The Kier molecular flexibility index (Phi) is 7.66. The van der Waals surface area contributed by atoms with Crippen LogP contribution in [0.2, 0.25) is 0 Å². The van der Waals surface area contributed by atoms with Crippen molar-refractivity contribution in [1.29, 1.82) is 0 Å². The van der Waals surface area contributed by atoms with E-state index >= 15 is 0 Å². The van der Waals surface area contributed by atoms with Gasteiger partial charge in [0, 0.05) is 26.3 Å². The predicted molar refractivity (Wildman–Crippen MR) is 117 cm³/mol. The van der Waals surface area contributed by atoms with Gasteiger partial charge >= 0.3 is 0 Å². The smallest absolute Gasteiger partial charge is 0.286 e. The van der Waals surface area contributed by atoms with Crippen LogP contribution in [0.5, 0.6) is 11.5 Å². The summed E-state index contributed by atoms with van der Waals surface area (Å²) >= 11 is 0. The van der Waals surface area contributed by atoms with Gasteiger partial charge in [-0.1, -0.05) is 12.1 Å². The van der Waals surface area contributed by atoms with E-state index in [1.807, 2.05) is 18.2 Å². The van der Waals surface area contributed by atoms with Crippen molar-refractivity contribution in [3.8, 4) is 11.5 Å². The molecule has 0 saturated carbocycles. The van der Waals surface area contributed by atoms with E-state index in [0.29, 0.717) is 12.3 Å². The molecule has 2 aromatic rings. The van der Waals surface area contributed by atoms with E-state index in [-0.39, 0.29) is 29.4 Å². The Morgan fingerprint density at radius 1 is 1.10 bits per heavy atom. The molecule has 1 N–H and O–H groups in total. The third-order valence-corrected chi connectivity index (χ3v) is 5.12. The van der Waals surface area contributed by atoms with Crippen LogP contribution in [0.4, 0.5) is 17.1 Å². The number of rotatable bonds is 9. The molecule has 9 nitrogen and oxygen atoms in total. The van der Waals surface area contributed by atoms with Gasteiger partial charge in [0.1, 0.15) is 12.2 Å². The van der Waals surface area contributed by atoms with Crippen LogP contribution in [-0.2, 0) is 4.74 Å². The third kappa shape index (κ3) is 5.43. The van der Waals surface area contributed by atoms with Crippen molar-refractivity contribution in [2.45, 2.75) is 19.3 Å². The second-order valence-corrected chi connectivity index (χ2v) is 7.14. The first-order valence-electron chi connectivity index (χ1n) is 10.2. The fraction of sp³-hybridized carbons (Fsp3) is 0.409. The maximum absolute atomic E-state index is 13.1. The van der Waals surface area contributed by atoms with Crippen molar-refractivity contribution in [2.24, 2.45) is 0 Å². The maximum Gasteiger partial charge on any atom is 0.286 e. The van der Waals surface area contributed by atoms with Gasteiger partial charge < -0.3 is 24.4 Å². The van der Waals surface area contributed by atoms with Gasteiger partial charge in [0.15, 0.2) is 11.5 Å². The number of hydrogen-bond acceptors (Lipinski definition) is 7. The van der Waals surface area contributed by atoms with Crippen LogP contribution in [0.15, 0.2) is 36.4 Å². The number of methoxy groups -OCH3 is 2. The molecule has 0 spiro atoms. The van der Waals surface area contributed by atoms with E-state index in [0.717, 1.165) is 31.6 Å². The zero-order valence-corrected chi connectivity index (χ0v) is 17.8. The molecule has 0 bridgehead atoms. The molecule has 1 fully saturated rings. The molecular weight excluding hydrogens is 402 g/mol. The minimum absolute atomic E-state index is 0.102. The summed E-state index contributed by atoms with van der Waals surface area (Å²) in [5, 5.41) is 14.5. The van der Waals surface area contributed by atoms with Gasteiger partial charge in [-0.2, -0.15) is 0 Å². The first-order valence-corrected chi connectivity index (χ1v) is 10.2. The summed E-state index contributed by atoms with van der Waals surface area (Å²) in [6.45, 7) is 2.33. The van der Waals surface area contributed by atoms with Crippen LogP contribution in [0.25, 0.3) is 0 Å². The molecule has 3 rings (SSSR count). The molecule has 0 aliphatic carbocycles. The monoisotopic (exact) mass is 429 g/mol. The van der Waals surface area contributed by atoms with Crippen molar-refractivity contribution < 1.29 is 23.9 Å². The van der Waals surface area contributed by atoms with Crippen molar-refractivity contribution in [1.82, 2.24) is 0 Å². The summed E-state index contributed by atoms with van der Waals surface area (Å²) in [6, 6.07) is 10.0. The molecule has 1 aliphatic rings. The number of nitro benzene ring substituents is 1. The Balaban J connectivity index is 1.90. The average Bonchev–Trinajstić information content (AvgIpc) is 2.79. The highest BCUT2D eigenvalue weighted by Crippen LogP contribution is 2.36. The number of nitro groups is 1. The fourth-order valence-electron chi connectivity index (χ4n) is 3.57. The van der Waals surface area contributed by atoms with Gasteiger partial charge in [-0.05, 0) is 31.4 Å². The van der Waals surface area contributed by atoms with Gasteiger partial charge in [0.05, 0.1) is 36.1 Å². The molecule has 0 radical (unpaired) electrons. The molecule has 0 atom stereocenters. The molecule has 166 valence electrons. The quantitative estimate of drug-likeness (QED) is 0.367. The molecular formula is C22H27N3O6. The summed E-state index contributed by atoms with van der Waals surface area (Å²) in [5.41, 5.74) is 1.06. The Morgan fingerprint density at radius 3 is 2.52 bits per heavy atom. The standard InChI is InChI=1S/C22H27N3O6/c1-29-12-13-31-21-15-19(25(27)28)16(14-20(21)30-2)22(26)23-17-8-4-5-9-18(17)24-10-6-3-7-11-24/h4-5,8-9,14-15H,3,6-7,10-13H2,1-2H3,(H,23,26). The molecule has 31 heavy (non-hydrogen) atoms. The van der Waals surface area contributed by atoms with Crippen molar-refractivity contribution in [3.63, 3.8) is 0 Å². The Bertz CT molecular complexity index is 927. The van der Waals surface area contributed by atoms with E-state index in [1.165, 1.54) is 32.8 Å². The van der Waals surface area contributed by atoms with Gasteiger partial charge in [0.2, 0.25) is 0 Å². The first-order chi connectivity index (χ1) is 15.0. The average molecular weight is 429 g/mol. The molecule has 1 aliphatic heterocycles. The van der Waals surface area contributed by atoms with E-state index in [1.54, 1.807) is 6.07 Å². The lowest BCUT2D eigenvalue weighted by Gasteiger charge is -2.30. The fourth-order valence-corrected chi connectivity index (χ4v) is 3.57. The van der Waals surface area contributed by atoms with Crippen LogP contribution in [0.3, 0.4) is 0 Å². The number of benzene rings is 2. The van der Waals surface area contributed by atoms with Crippen LogP contribution in [0, 0.1) is 10.1 Å². The summed E-state index contributed by atoms with van der Waals surface area (Å²) in [6.07, 6.45) is 3.38. The molecule has 1 heterocycles. The highest BCUT2D eigenvalue weighted by Gasteiger charge is 2.26. The normalized spacial score (nSPS) is 13.5. The summed E-state index contributed by atoms with van der Waals surface area (Å²) in [5.74, 6) is -0.175. The van der Waals surface area contributed by atoms with Crippen molar-refractivity contribution >= 4 is 23.0 Å². The number of hydrogen-bond donors (Lipinski definition) is 1. The minimum atomic E-state index is -0.603. The van der Waals surface area contributed by atoms with Crippen molar-refractivity contribution in [2.75, 3.05) is 50.7 Å². The number of piperidine rings is 1. The lowest BCUT2D eigenvalue weighted by Crippen LogP contribution is -2.30. The number of carbonyl (C=O) groups excluding carboxylic acids is 1. The SMILES string of the molecule is COCCOc1cc([N+](=O)[O-])c(C(=O)Nc2ccccc2N2CCCCC2)cc1OC. The maximum atomic E-state index is 13.1. The number of amides is 1. The Hall–Kier alpha value is -3.33. The number of nitrogens with zero attached hydrogens (tertiary/aromatic N) is 2. The molecule has 1 amide bonds. The lowest BCUT2D eigenvalue weighted by atomic mass is 10.1. The number of carbonyl (C=O) groups is 1. The Labute approximate surface area is 181 Å². The zero-order chi connectivity index (χ0) is 22.2. The van der Waals surface area contributed by atoms with E-state index in [2.05, 4.69) is 10.2 Å². The van der Waals surface area contributed by atoms with Crippen LogP contribution in [0.1, 0.15) is 29.6 Å². The van der Waals surface area contributed by atoms with E-state index < -0.39 is 10.8 Å². The molecule has 2 aromatic carbocycles. The van der Waals surface area contributed by atoms with Gasteiger partial charge in [-0.3, -0.25) is 14.9 Å².